The number of nitrogens with one attached hydrogen (secondary N) is 8. The number of rotatable bonds is 17. The Morgan fingerprint density at radius 1 is 0.554 bits per heavy atom. The standard InChI is InChI=1S/C65H86N10O8/c1-37(2)53(67-11)61(81)73-55(65(7,8)9)62(82)74-35-44-32-45(31-30-43(44)33-51(74)59(79)70-49-24-16-20-39-18-12-14-22-47(39)49)68-57(77)41-26-28-42(29-27-41)58(78)69-46-34-52(60(80)71-50-25-17-21-40-19-13-15-23-48(40)50)75(36-46)63(83)54(64(4,5)6)72-56(76)38(3)66-10/h12-15,18-19,22-23,26-32,37-38,46,49-55,66-67H,16-17,20-21,24-25,33-36H2,1-11H3,(H,68,77)(H,69,78)(H,70,79)(H,71,80)(H,72,76)(H,73,81)/t38-,46?,49?,50?,51-,52?,53?,54?,55?/m0/s1. The quantitative estimate of drug-likeness (QED) is 0.0597. The lowest BCUT2D eigenvalue weighted by atomic mass is 9.83. The average molecular weight is 1140 g/mol. The lowest BCUT2D eigenvalue weighted by Crippen LogP contribution is -2.62. The number of nitrogens with zero attached hydrogens (tertiary/aromatic N) is 2. The van der Waals surface area contributed by atoms with Crippen LogP contribution in [-0.4, -0.2) is 120 Å². The van der Waals surface area contributed by atoms with Gasteiger partial charge in [-0.2, -0.15) is 0 Å². The molecule has 0 aromatic heterocycles. The second kappa shape index (κ2) is 26.0. The lowest BCUT2D eigenvalue weighted by molar-refractivity contribution is -0.147. The van der Waals surface area contributed by atoms with Crippen molar-refractivity contribution in [2.45, 2.75) is 175 Å². The van der Waals surface area contributed by atoms with Crippen molar-refractivity contribution >= 4 is 52.9 Å². The largest absolute Gasteiger partial charge is 0.347 e. The van der Waals surface area contributed by atoms with Crippen LogP contribution in [0.3, 0.4) is 0 Å². The van der Waals surface area contributed by atoms with E-state index >= 15 is 4.79 Å². The number of aryl methyl sites for hydroxylation is 2. The Balaban J connectivity index is 0.978. The molecular formula is C65H86N10O8. The van der Waals surface area contributed by atoms with Gasteiger partial charge >= 0.3 is 0 Å². The summed E-state index contributed by atoms with van der Waals surface area (Å²) in [4.78, 5) is 117. The predicted molar refractivity (Wildman–Crippen MR) is 320 cm³/mol. The first-order valence-electron chi connectivity index (χ1n) is 29.5. The van der Waals surface area contributed by atoms with Crippen LogP contribution >= 0.6 is 0 Å². The third-order valence-electron chi connectivity index (χ3n) is 17.1. The van der Waals surface area contributed by atoms with E-state index in [4.69, 9.17) is 0 Å². The molecule has 4 aromatic rings. The van der Waals surface area contributed by atoms with Crippen molar-refractivity contribution in [3.05, 3.63) is 136 Å². The number of hydrogen-bond acceptors (Lipinski definition) is 10. The highest BCUT2D eigenvalue weighted by Gasteiger charge is 2.47. The van der Waals surface area contributed by atoms with Gasteiger partial charge in [0.05, 0.1) is 24.2 Å². The first-order chi connectivity index (χ1) is 39.4. The zero-order chi connectivity index (χ0) is 60.1. The van der Waals surface area contributed by atoms with E-state index in [9.17, 15) is 33.6 Å². The highest BCUT2D eigenvalue weighted by Crippen LogP contribution is 2.35. The number of carbonyl (C=O) groups excluding carboxylic acids is 8. The van der Waals surface area contributed by atoms with Gasteiger partial charge in [-0.3, -0.25) is 38.4 Å². The van der Waals surface area contributed by atoms with Gasteiger partial charge < -0.3 is 52.3 Å². The van der Waals surface area contributed by atoms with Gasteiger partial charge in [-0.25, -0.2) is 0 Å². The Labute approximate surface area is 489 Å². The van der Waals surface area contributed by atoms with E-state index in [-0.39, 0.29) is 78.7 Å². The Hall–Kier alpha value is -7.44. The highest BCUT2D eigenvalue weighted by atomic mass is 16.2. The normalized spacial score (nSPS) is 20.9. The van der Waals surface area contributed by atoms with E-state index < -0.39 is 76.8 Å². The third-order valence-corrected chi connectivity index (χ3v) is 17.1. The van der Waals surface area contributed by atoms with Crippen molar-refractivity contribution in [3.8, 4) is 0 Å². The van der Waals surface area contributed by atoms with Crippen LogP contribution in [0.1, 0.15) is 161 Å². The summed E-state index contributed by atoms with van der Waals surface area (Å²) in [5.74, 6) is -3.08. The molecule has 1 saturated heterocycles. The van der Waals surface area contributed by atoms with E-state index in [1.807, 2.05) is 97.9 Å². The van der Waals surface area contributed by atoms with E-state index in [0.717, 1.165) is 60.8 Å². The van der Waals surface area contributed by atoms with Crippen LogP contribution in [0.25, 0.3) is 0 Å². The van der Waals surface area contributed by atoms with E-state index in [2.05, 4.69) is 54.7 Å². The summed E-state index contributed by atoms with van der Waals surface area (Å²) < 4.78 is 0. The van der Waals surface area contributed by atoms with Gasteiger partial charge in [0.25, 0.3) is 11.8 Å². The lowest BCUT2D eigenvalue weighted by Gasteiger charge is -2.42. The van der Waals surface area contributed by atoms with Crippen molar-refractivity contribution in [3.63, 3.8) is 0 Å². The van der Waals surface area contributed by atoms with Gasteiger partial charge in [-0.05, 0) is 152 Å². The topological polar surface area (TPSA) is 239 Å². The molecular weight excluding hydrogens is 1050 g/mol. The Morgan fingerprint density at radius 3 is 1.60 bits per heavy atom. The summed E-state index contributed by atoms with van der Waals surface area (Å²) in [5, 5.41) is 24.5. The van der Waals surface area contributed by atoms with Crippen molar-refractivity contribution in [1.29, 1.82) is 0 Å². The molecule has 0 radical (unpaired) electrons. The van der Waals surface area contributed by atoms with E-state index in [0.29, 0.717) is 5.69 Å². The van der Waals surface area contributed by atoms with Crippen LogP contribution in [-0.2, 0) is 54.6 Å². The molecule has 1 fully saturated rings. The fourth-order valence-electron chi connectivity index (χ4n) is 12.2. The zero-order valence-corrected chi connectivity index (χ0v) is 50.2. The van der Waals surface area contributed by atoms with E-state index in [1.54, 1.807) is 62.3 Å². The number of hydrogen-bond donors (Lipinski definition) is 8. The number of anilines is 1. The summed E-state index contributed by atoms with van der Waals surface area (Å²) in [5.41, 5.74) is 5.57. The van der Waals surface area contributed by atoms with Crippen LogP contribution in [0.5, 0.6) is 0 Å². The predicted octanol–water partition coefficient (Wildman–Crippen LogP) is 6.19. The number of likely N-dealkylation sites (tertiary alicyclic amines) is 1. The van der Waals surface area contributed by atoms with Crippen molar-refractivity contribution in [1.82, 2.24) is 47.0 Å². The number of amides is 8. The minimum atomic E-state index is -0.978. The molecule has 0 bridgehead atoms. The summed E-state index contributed by atoms with van der Waals surface area (Å²) in [7, 11) is 3.37. The maximum absolute atomic E-state index is 15.1. The van der Waals surface area contributed by atoms with Gasteiger partial charge in [-0.1, -0.05) is 110 Å². The molecule has 9 atom stereocenters. The second-order valence-corrected chi connectivity index (χ2v) is 25.6. The number of benzene rings is 4. The fraction of sp³-hybridized carbons (Fsp3) is 0.508. The van der Waals surface area contributed by atoms with Crippen LogP contribution in [0, 0.1) is 16.7 Å². The first kappa shape index (κ1) is 61.6. The molecule has 4 aromatic carbocycles. The van der Waals surface area contributed by atoms with Crippen molar-refractivity contribution < 1.29 is 38.4 Å². The molecule has 0 saturated carbocycles. The molecule has 7 unspecified atom stereocenters. The smallest absolute Gasteiger partial charge is 0.255 e. The monoisotopic (exact) mass is 1130 g/mol. The van der Waals surface area contributed by atoms with Gasteiger partial charge in [0.2, 0.25) is 35.4 Å². The number of fused-ring (bicyclic) bond motifs is 3. The van der Waals surface area contributed by atoms with Gasteiger partial charge in [0, 0.05) is 42.4 Å². The fourth-order valence-corrected chi connectivity index (χ4v) is 12.2. The van der Waals surface area contributed by atoms with Crippen LogP contribution < -0.4 is 42.5 Å². The summed E-state index contributed by atoms with van der Waals surface area (Å²) in [6.45, 7) is 16.9. The molecule has 2 aliphatic heterocycles. The highest BCUT2D eigenvalue weighted by molar-refractivity contribution is 6.05. The second-order valence-electron chi connectivity index (χ2n) is 25.6. The molecule has 4 aliphatic rings. The SMILES string of the molecule is CNC(C(=O)NC(C(=O)N1Cc2cc(NC(=O)c3ccc(C(=O)NC4CC(C(=O)NC5CCCc6ccccc65)N(C(=O)C(NC(=O)[C@H](C)NC)C(C)(C)C)C4)cc3)ccc2C[C@H]1C(=O)NC1CCCc2ccccc21)C(C)(C)C)C(C)C. The summed E-state index contributed by atoms with van der Waals surface area (Å²) >= 11 is 0. The van der Waals surface area contributed by atoms with Crippen molar-refractivity contribution in [2.24, 2.45) is 16.7 Å². The minimum Gasteiger partial charge on any atom is -0.347 e. The minimum absolute atomic E-state index is 0.0214. The molecule has 8 N–H and O–H groups in total. The van der Waals surface area contributed by atoms with Crippen molar-refractivity contribution in [2.75, 3.05) is 26.0 Å². The molecule has 18 heteroatoms. The summed E-state index contributed by atoms with van der Waals surface area (Å²) in [6.07, 6.45) is 5.49. The van der Waals surface area contributed by atoms with E-state index in [1.165, 1.54) is 16.0 Å². The first-order valence-corrected chi connectivity index (χ1v) is 29.5. The molecule has 8 amide bonds. The van der Waals surface area contributed by atoms with Crippen LogP contribution in [0.15, 0.2) is 91.0 Å². The van der Waals surface area contributed by atoms with Crippen LogP contribution in [0.4, 0.5) is 5.69 Å². The van der Waals surface area contributed by atoms with Crippen LogP contribution in [0.2, 0.25) is 0 Å². The average Bonchev–Trinajstić information content (AvgIpc) is 4.08. The number of likely N-dealkylation sites (N-methyl/N-ethyl adjacent to an activating group) is 2. The Morgan fingerprint density at radius 2 is 1.07 bits per heavy atom. The molecule has 444 valence electrons. The molecule has 2 aliphatic carbocycles. The number of carbonyl (C=O) groups is 8. The molecule has 83 heavy (non-hydrogen) atoms. The molecule has 2 heterocycles. The maximum Gasteiger partial charge on any atom is 0.255 e. The Bertz CT molecular complexity index is 3070. The van der Waals surface area contributed by atoms with Gasteiger partial charge in [0.1, 0.15) is 24.2 Å². The maximum atomic E-state index is 15.1. The summed E-state index contributed by atoms with van der Waals surface area (Å²) in [6, 6.07) is 21.7. The molecule has 18 nitrogen and oxygen atoms in total. The Kier molecular flexibility index (Phi) is 19.3. The molecule has 0 spiro atoms. The zero-order valence-electron chi connectivity index (χ0n) is 50.2. The molecule has 8 rings (SSSR count). The third kappa shape index (κ3) is 14.3. The van der Waals surface area contributed by atoms with Gasteiger partial charge in [-0.15, -0.1) is 0 Å². The van der Waals surface area contributed by atoms with Gasteiger partial charge in [0.15, 0.2) is 0 Å².